The molecule has 1 heterocycles. The largest absolute Gasteiger partial charge is 0.340 e. The molecular weight excluding hydrogens is 266 g/mol. The normalized spacial score (nSPS) is 23.4. The Balaban J connectivity index is 2.64. The van der Waals surface area contributed by atoms with Gasteiger partial charge in [0.1, 0.15) is 0 Å². The van der Waals surface area contributed by atoms with E-state index in [2.05, 4.69) is 4.72 Å². The molecule has 3 N–H and O–H groups in total. The highest BCUT2D eigenvalue weighted by Gasteiger charge is 2.36. The third-order valence-corrected chi connectivity index (χ3v) is 5.74. The summed E-state index contributed by atoms with van der Waals surface area (Å²) in [7, 11) is -3.31. The van der Waals surface area contributed by atoms with Crippen molar-refractivity contribution >= 4 is 15.9 Å². The predicted molar refractivity (Wildman–Crippen MR) is 75.0 cm³/mol. The molecule has 19 heavy (non-hydrogen) atoms. The van der Waals surface area contributed by atoms with Gasteiger partial charge in [0.25, 0.3) is 0 Å². The van der Waals surface area contributed by atoms with Crippen molar-refractivity contribution in [3.05, 3.63) is 0 Å². The van der Waals surface area contributed by atoms with E-state index in [4.69, 9.17) is 5.73 Å². The smallest absolute Gasteiger partial charge is 0.239 e. The number of nitrogens with two attached hydrogens (primary N) is 1. The molecular formula is C12H25N3O3S. The molecule has 3 unspecified atom stereocenters. The van der Waals surface area contributed by atoms with Crippen LogP contribution in [0.5, 0.6) is 0 Å². The Bertz CT molecular complexity index is 410. The number of nitrogens with zero attached hydrogens (tertiary/aromatic N) is 1. The van der Waals surface area contributed by atoms with Crippen LogP contribution in [0.1, 0.15) is 33.6 Å². The summed E-state index contributed by atoms with van der Waals surface area (Å²) in [4.78, 5) is 13.7. The van der Waals surface area contributed by atoms with Crippen molar-refractivity contribution in [1.29, 1.82) is 0 Å². The van der Waals surface area contributed by atoms with Gasteiger partial charge in [-0.3, -0.25) is 4.79 Å². The first-order valence-corrected chi connectivity index (χ1v) is 8.40. The number of likely N-dealkylation sites (tertiary alicyclic amines) is 1. The number of amides is 1. The van der Waals surface area contributed by atoms with E-state index >= 15 is 0 Å². The number of nitrogens with one attached hydrogen (secondary N) is 1. The molecule has 0 aromatic heterocycles. The van der Waals surface area contributed by atoms with Crippen LogP contribution in [0.15, 0.2) is 0 Å². The minimum absolute atomic E-state index is 0.108. The molecule has 1 aliphatic heterocycles. The molecule has 0 bridgehead atoms. The maximum atomic E-state index is 12.2. The zero-order valence-corrected chi connectivity index (χ0v) is 12.7. The molecule has 1 rings (SSSR count). The van der Waals surface area contributed by atoms with E-state index in [-0.39, 0.29) is 18.4 Å². The van der Waals surface area contributed by atoms with Gasteiger partial charge in [-0.2, -0.15) is 0 Å². The van der Waals surface area contributed by atoms with Crippen LogP contribution in [0.3, 0.4) is 0 Å². The Morgan fingerprint density at radius 2 is 2.11 bits per heavy atom. The van der Waals surface area contributed by atoms with Crippen molar-refractivity contribution < 1.29 is 13.2 Å². The van der Waals surface area contributed by atoms with Crippen molar-refractivity contribution in [2.45, 2.75) is 44.9 Å². The van der Waals surface area contributed by atoms with Gasteiger partial charge in [-0.25, -0.2) is 13.1 Å². The van der Waals surface area contributed by atoms with Crippen LogP contribution in [0.25, 0.3) is 0 Å². The third kappa shape index (κ3) is 3.90. The lowest BCUT2D eigenvalue weighted by atomic mass is 9.99. The van der Waals surface area contributed by atoms with Crippen molar-refractivity contribution in [1.82, 2.24) is 9.62 Å². The van der Waals surface area contributed by atoms with Crippen LogP contribution in [-0.2, 0) is 14.8 Å². The van der Waals surface area contributed by atoms with Crippen LogP contribution >= 0.6 is 0 Å². The summed E-state index contributed by atoms with van der Waals surface area (Å²) in [5.74, 6) is -0.0273. The predicted octanol–water partition coefficient (Wildman–Crippen LogP) is -0.1000. The van der Waals surface area contributed by atoms with E-state index in [1.165, 1.54) is 0 Å². The topological polar surface area (TPSA) is 92.5 Å². The van der Waals surface area contributed by atoms with Gasteiger partial charge in [0.15, 0.2) is 0 Å². The average Bonchev–Trinajstić information content (AvgIpc) is 2.86. The van der Waals surface area contributed by atoms with E-state index in [0.29, 0.717) is 19.5 Å². The number of carbonyl (C=O) groups excluding carboxylic acids is 1. The SMILES string of the molecule is CCNS(=O)(=O)C1CCN(C(=O)C(N)C(C)CC)C1. The number of sulfonamides is 1. The van der Waals surface area contributed by atoms with Gasteiger partial charge in [0.2, 0.25) is 15.9 Å². The number of hydrogen-bond acceptors (Lipinski definition) is 4. The summed E-state index contributed by atoms with van der Waals surface area (Å²) in [5, 5.41) is -0.513. The van der Waals surface area contributed by atoms with Gasteiger partial charge in [0, 0.05) is 19.6 Å². The first-order chi connectivity index (χ1) is 8.83. The van der Waals surface area contributed by atoms with Crippen LogP contribution < -0.4 is 10.5 Å². The zero-order chi connectivity index (χ0) is 14.6. The van der Waals surface area contributed by atoms with E-state index in [1.807, 2.05) is 13.8 Å². The van der Waals surface area contributed by atoms with Gasteiger partial charge >= 0.3 is 0 Å². The Morgan fingerprint density at radius 1 is 1.47 bits per heavy atom. The highest BCUT2D eigenvalue weighted by Crippen LogP contribution is 2.18. The number of hydrogen-bond donors (Lipinski definition) is 2. The Kier molecular flexibility index (Phi) is 5.76. The lowest BCUT2D eigenvalue weighted by Gasteiger charge is -2.24. The number of rotatable bonds is 6. The van der Waals surface area contributed by atoms with E-state index in [0.717, 1.165) is 6.42 Å². The summed E-state index contributed by atoms with van der Waals surface area (Å²) in [6.45, 7) is 6.76. The molecule has 3 atom stereocenters. The second kappa shape index (κ2) is 6.67. The molecule has 0 radical (unpaired) electrons. The molecule has 6 nitrogen and oxygen atoms in total. The molecule has 1 aliphatic rings. The van der Waals surface area contributed by atoms with Gasteiger partial charge in [-0.1, -0.05) is 27.2 Å². The standard InChI is InChI=1S/C12H25N3O3S/c1-4-9(3)11(13)12(16)15-7-6-10(8-15)19(17,18)14-5-2/h9-11,14H,4-8,13H2,1-3H3. The summed E-state index contributed by atoms with van der Waals surface area (Å²) < 4.78 is 26.3. The lowest BCUT2D eigenvalue weighted by molar-refractivity contribution is -0.132. The molecule has 0 aromatic rings. The fourth-order valence-corrected chi connectivity index (χ4v) is 3.64. The first-order valence-electron chi connectivity index (χ1n) is 6.86. The monoisotopic (exact) mass is 291 g/mol. The molecule has 0 aromatic carbocycles. The molecule has 1 fully saturated rings. The second-order valence-corrected chi connectivity index (χ2v) is 7.19. The highest BCUT2D eigenvalue weighted by atomic mass is 32.2. The maximum Gasteiger partial charge on any atom is 0.239 e. The van der Waals surface area contributed by atoms with Crippen molar-refractivity contribution in [2.24, 2.45) is 11.7 Å². The Labute approximate surface area is 115 Å². The van der Waals surface area contributed by atoms with Gasteiger partial charge in [0.05, 0.1) is 11.3 Å². The minimum Gasteiger partial charge on any atom is -0.340 e. The summed E-state index contributed by atoms with van der Waals surface area (Å²) in [5.41, 5.74) is 5.91. The van der Waals surface area contributed by atoms with Crippen molar-refractivity contribution in [2.75, 3.05) is 19.6 Å². The quantitative estimate of drug-likeness (QED) is 0.715. The molecule has 112 valence electrons. The third-order valence-electron chi connectivity index (χ3n) is 3.78. The van der Waals surface area contributed by atoms with E-state index in [1.54, 1.807) is 11.8 Å². The maximum absolute atomic E-state index is 12.2. The van der Waals surface area contributed by atoms with Crippen LogP contribution in [-0.4, -0.2) is 50.2 Å². The molecule has 0 spiro atoms. The van der Waals surface area contributed by atoms with E-state index < -0.39 is 21.3 Å². The van der Waals surface area contributed by atoms with Crippen LogP contribution in [0.2, 0.25) is 0 Å². The average molecular weight is 291 g/mol. The molecule has 0 aliphatic carbocycles. The summed E-state index contributed by atoms with van der Waals surface area (Å²) in [6.07, 6.45) is 1.31. The second-order valence-electron chi connectivity index (χ2n) is 5.15. The minimum atomic E-state index is -3.31. The Morgan fingerprint density at radius 3 is 2.63 bits per heavy atom. The summed E-state index contributed by atoms with van der Waals surface area (Å²) in [6, 6.07) is -0.536. The lowest BCUT2D eigenvalue weighted by Crippen LogP contribution is -2.47. The van der Waals surface area contributed by atoms with Gasteiger partial charge < -0.3 is 10.6 Å². The van der Waals surface area contributed by atoms with Crippen molar-refractivity contribution in [3.63, 3.8) is 0 Å². The fourth-order valence-electron chi connectivity index (χ4n) is 2.21. The molecule has 7 heteroatoms. The van der Waals surface area contributed by atoms with Crippen LogP contribution in [0.4, 0.5) is 0 Å². The van der Waals surface area contributed by atoms with E-state index in [9.17, 15) is 13.2 Å². The Hall–Kier alpha value is -0.660. The van der Waals surface area contributed by atoms with Crippen LogP contribution in [0, 0.1) is 5.92 Å². The fraction of sp³-hybridized carbons (Fsp3) is 0.917. The highest BCUT2D eigenvalue weighted by molar-refractivity contribution is 7.90. The number of carbonyl (C=O) groups is 1. The van der Waals surface area contributed by atoms with Gasteiger partial charge in [-0.15, -0.1) is 0 Å². The van der Waals surface area contributed by atoms with Gasteiger partial charge in [-0.05, 0) is 12.3 Å². The zero-order valence-electron chi connectivity index (χ0n) is 11.9. The molecule has 1 amide bonds. The molecule has 0 saturated carbocycles. The first kappa shape index (κ1) is 16.4. The van der Waals surface area contributed by atoms with Crippen molar-refractivity contribution in [3.8, 4) is 0 Å². The summed E-state index contributed by atoms with van der Waals surface area (Å²) >= 11 is 0. The molecule has 1 saturated heterocycles.